The molecular formula is C16H22F2O. The summed E-state index contributed by atoms with van der Waals surface area (Å²) in [5, 5.41) is 0. The van der Waals surface area contributed by atoms with Crippen molar-refractivity contribution in [2.75, 3.05) is 7.11 Å². The summed E-state index contributed by atoms with van der Waals surface area (Å²) in [5.74, 6) is -2.59. The fourth-order valence-corrected chi connectivity index (χ4v) is 3.21. The summed E-state index contributed by atoms with van der Waals surface area (Å²) in [6.07, 6.45) is -0.708. The lowest BCUT2D eigenvalue weighted by atomic mass is 9.66. The maximum atomic E-state index is 14.3. The predicted octanol–water partition coefficient (Wildman–Crippen LogP) is 4.60. The van der Waals surface area contributed by atoms with Gasteiger partial charge in [0.15, 0.2) is 0 Å². The molecule has 0 saturated carbocycles. The molecule has 1 aliphatic carbocycles. The zero-order chi connectivity index (χ0) is 14.4. The van der Waals surface area contributed by atoms with Crippen molar-refractivity contribution in [3.8, 4) is 0 Å². The van der Waals surface area contributed by atoms with Crippen LogP contribution in [-0.4, -0.2) is 13.2 Å². The summed E-state index contributed by atoms with van der Waals surface area (Å²) in [4.78, 5) is 0. The smallest absolute Gasteiger partial charge is 0.276 e. The summed E-state index contributed by atoms with van der Waals surface area (Å²) in [5.41, 5.74) is 1.56. The fraction of sp³-hybridized carbons (Fsp3) is 0.625. The molecule has 0 heterocycles. The first-order chi connectivity index (χ1) is 8.71. The van der Waals surface area contributed by atoms with Gasteiger partial charge in [-0.25, -0.2) is 8.78 Å². The van der Waals surface area contributed by atoms with Gasteiger partial charge in [0.25, 0.3) is 5.92 Å². The van der Waals surface area contributed by atoms with Gasteiger partial charge >= 0.3 is 0 Å². The Morgan fingerprint density at radius 3 is 2.42 bits per heavy atom. The van der Waals surface area contributed by atoms with E-state index >= 15 is 0 Å². The molecule has 0 radical (unpaired) electrons. The minimum absolute atomic E-state index is 0.178. The van der Waals surface area contributed by atoms with Crippen LogP contribution in [0.2, 0.25) is 0 Å². The topological polar surface area (TPSA) is 9.23 Å². The molecule has 0 fully saturated rings. The van der Waals surface area contributed by atoms with E-state index in [0.717, 1.165) is 11.1 Å². The molecule has 0 saturated heterocycles. The number of benzene rings is 1. The molecule has 1 atom stereocenters. The van der Waals surface area contributed by atoms with Gasteiger partial charge in [-0.2, -0.15) is 0 Å². The number of ether oxygens (including phenoxy) is 1. The third-order valence-corrected chi connectivity index (χ3v) is 4.29. The molecule has 1 unspecified atom stereocenters. The number of hydrogen-bond donors (Lipinski definition) is 0. The van der Waals surface area contributed by atoms with Gasteiger partial charge in [0.2, 0.25) is 0 Å². The Bertz CT molecular complexity index is 478. The number of rotatable bonds is 2. The van der Waals surface area contributed by atoms with E-state index in [1.54, 1.807) is 12.1 Å². The van der Waals surface area contributed by atoms with E-state index in [2.05, 4.69) is 0 Å². The second kappa shape index (κ2) is 4.55. The van der Waals surface area contributed by atoms with Crippen LogP contribution in [0.3, 0.4) is 0 Å². The molecule has 1 aromatic rings. The summed E-state index contributed by atoms with van der Waals surface area (Å²) >= 11 is 0. The van der Waals surface area contributed by atoms with Crippen molar-refractivity contribution in [1.29, 1.82) is 0 Å². The van der Waals surface area contributed by atoms with Crippen LogP contribution < -0.4 is 0 Å². The van der Waals surface area contributed by atoms with Gasteiger partial charge in [0, 0.05) is 24.5 Å². The molecule has 1 aliphatic rings. The molecule has 0 spiro atoms. The number of alkyl halides is 2. The largest absolute Gasteiger partial charge is 0.380 e. The first-order valence-corrected chi connectivity index (χ1v) is 6.76. The summed E-state index contributed by atoms with van der Waals surface area (Å²) in [6, 6.07) is 5.26. The summed E-state index contributed by atoms with van der Waals surface area (Å²) < 4.78 is 34.0. The highest BCUT2D eigenvalue weighted by Gasteiger charge is 2.50. The van der Waals surface area contributed by atoms with E-state index in [9.17, 15) is 8.78 Å². The standard InChI is InChI=1S/C16H22F2O/c1-10(2)11-7-6-8-12-14(11)15(3,4)13(19-5)9-16(12,17)18/h6-8,10,13H,9H2,1-5H3. The van der Waals surface area contributed by atoms with Crippen molar-refractivity contribution in [2.45, 2.75) is 57.5 Å². The number of methoxy groups -OCH3 is 1. The van der Waals surface area contributed by atoms with E-state index < -0.39 is 17.4 Å². The van der Waals surface area contributed by atoms with Gasteiger partial charge in [0.1, 0.15) is 0 Å². The van der Waals surface area contributed by atoms with Crippen LogP contribution in [0.4, 0.5) is 8.78 Å². The molecule has 0 N–H and O–H groups in total. The Morgan fingerprint density at radius 2 is 1.89 bits per heavy atom. The van der Waals surface area contributed by atoms with Gasteiger partial charge < -0.3 is 4.74 Å². The third-order valence-electron chi connectivity index (χ3n) is 4.29. The highest BCUT2D eigenvalue weighted by Crippen LogP contribution is 2.50. The molecule has 0 aromatic heterocycles. The Morgan fingerprint density at radius 1 is 1.26 bits per heavy atom. The average molecular weight is 268 g/mol. The minimum Gasteiger partial charge on any atom is -0.380 e. The van der Waals surface area contributed by atoms with E-state index in [0.29, 0.717) is 0 Å². The zero-order valence-electron chi connectivity index (χ0n) is 12.3. The van der Waals surface area contributed by atoms with Gasteiger partial charge in [-0.3, -0.25) is 0 Å². The van der Waals surface area contributed by atoms with Gasteiger partial charge in [0.05, 0.1) is 6.10 Å². The van der Waals surface area contributed by atoms with E-state index in [4.69, 9.17) is 4.74 Å². The fourth-order valence-electron chi connectivity index (χ4n) is 3.21. The lowest BCUT2D eigenvalue weighted by molar-refractivity contribution is -0.0941. The quantitative estimate of drug-likeness (QED) is 0.761. The highest BCUT2D eigenvalue weighted by atomic mass is 19.3. The van der Waals surface area contributed by atoms with E-state index in [1.165, 1.54) is 7.11 Å². The van der Waals surface area contributed by atoms with Crippen molar-refractivity contribution < 1.29 is 13.5 Å². The molecule has 0 amide bonds. The van der Waals surface area contributed by atoms with Crippen LogP contribution in [-0.2, 0) is 16.1 Å². The van der Waals surface area contributed by atoms with Crippen molar-refractivity contribution in [3.05, 3.63) is 34.9 Å². The van der Waals surface area contributed by atoms with Crippen molar-refractivity contribution >= 4 is 0 Å². The second-order valence-electron chi connectivity index (χ2n) is 6.28. The first-order valence-electron chi connectivity index (χ1n) is 6.76. The number of fused-ring (bicyclic) bond motifs is 1. The molecular weight excluding hydrogens is 246 g/mol. The normalized spacial score (nSPS) is 24.3. The maximum absolute atomic E-state index is 14.3. The molecule has 0 aliphatic heterocycles. The van der Waals surface area contributed by atoms with Crippen LogP contribution in [0.5, 0.6) is 0 Å². The molecule has 106 valence electrons. The van der Waals surface area contributed by atoms with Crippen LogP contribution in [0, 0.1) is 0 Å². The predicted molar refractivity (Wildman–Crippen MR) is 72.9 cm³/mol. The number of halogens is 2. The highest BCUT2D eigenvalue weighted by molar-refractivity contribution is 5.47. The second-order valence-corrected chi connectivity index (χ2v) is 6.28. The van der Waals surface area contributed by atoms with Crippen LogP contribution in [0.25, 0.3) is 0 Å². The van der Waals surface area contributed by atoms with Crippen molar-refractivity contribution in [3.63, 3.8) is 0 Å². The summed E-state index contributed by atoms with van der Waals surface area (Å²) in [7, 11) is 1.52. The number of hydrogen-bond acceptors (Lipinski definition) is 1. The van der Waals surface area contributed by atoms with Crippen molar-refractivity contribution in [1.82, 2.24) is 0 Å². The van der Waals surface area contributed by atoms with Gasteiger partial charge in [-0.05, 0) is 17.0 Å². The third kappa shape index (κ3) is 2.18. The monoisotopic (exact) mass is 268 g/mol. The molecule has 0 bridgehead atoms. The SMILES string of the molecule is COC1CC(F)(F)c2cccc(C(C)C)c2C1(C)C. The lowest BCUT2D eigenvalue weighted by Gasteiger charge is -2.44. The Balaban J connectivity index is 2.73. The van der Waals surface area contributed by atoms with E-state index in [-0.39, 0.29) is 17.9 Å². The van der Waals surface area contributed by atoms with E-state index in [1.807, 2.05) is 33.8 Å². The van der Waals surface area contributed by atoms with Gasteiger partial charge in [-0.15, -0.1) is 0 Å². The maximum Gasteiger partial charge on any atom is 0.276 e. The average Bonchev–Trinajstić information content (AvgIpc) is 2.33. The molecule has 2 rings (SSSR count). The molecule has 3 heteroatoms. The van der Waals surface area contributed by atoms with Crippen LogP contribution >= 0.6 is 0 Å². The molecule has 19 heavy (non-hydrogen) atoms. The van der Waals surface area contributed by atoms with Crippen molar-refractivity contribution in [2.24, 2.45) is 0 Å². The lowest BCUT2D eigenvalue weighted by Crippen LogP contribution is -2.46. The minimum atomic E-state index is -2.81. The summed E-state index contributed by atoms with van der Waals surface area (Å²) in [6.45, 7) is 8.09. The first kappa shape index (κ1) is 14.4. The van der Waals surface area contributed by atoms with Gasteiger partial charge in [-0.1, -0.05) is 45.9 Å². The Kier molecular flexibility index (Phi) is 3.46. The molecule has 1 aromatic carbocycles. The van der Waals surface area contributed by atoms with Crippen LogP contribution in [0.1, 0.15) is 56.7 Å². The van der Waals surface area contributed by atoms with Crippen LogP contribution in [0.15, 0.2) is 18.2 Å². The Labute approximate surface area is 114 Å². The molecule has 1 nitrogen and oxygen atoms in total. The zero-order valence-corrected chi connectivity index (χ0v) is 12.3. The Hall–Kier alpha value is -0.960.